The van der Waals surface area contributed by atoms with Crippen molar-refractivity contribution in [2.75, 3.05) is 0 Å². The van der Waals surface area contributed by atoms with Crippen LogP contribution in [-0.2, 0) is 0 Å². The van der Waals surface area contributed by atoms with Crippen LogP contribution >= 0.6 is 0 Å². The fourth-order valence-corrected chi connectivity index (χ4v) is 4.46. The third kappa shape index (κ3) is 5.16. The van der Waals surface area contributed by atoms with Crippen LogP contribution in [0.3, 0.4) is 0 Å². The van der Waals surface area contributed by atoms with E-state index in [0.717, 1.165) is 47.1 Å². The first-order valence-electron chi connectivity index (χ1n) is 12.5. The Morgan fingerprint density at radius 2 is 1.44 bits per heavy atom. The Morgan fingerprint density at radius 3 is 2.17 bits per heavy atom. The molecule has 1 heterocycles. The summed E-state index contributed by atoms with van der Waals surface area (Å²) in [7, 11) is 0. The number of benzene rings is 3. The summed E-state index contributed by atoms with van der Waals surface area (Å²) in [5.41, 5.74) is 7.76. The van der Waals surface area contributed by atoms with E-state index in [2.05, 4.69) is 111 Å². The van der Waals surface area contributed by atoms with Crippen molar-refractivity contribution in [1.82, 2.24) is 15.0 Å². The predicted octanol–water partition coefficient (Wildman–Crippen LogP) is 8.45. The Balaban J connectivity index is 1.62. The molecular formula is C33H29N3. The van der Waals surface area contributed by atoms with Gasteiger partial charge in [-0.15, -0.1) is 0 Å². The first-order valence-corrected chi connectivity index (χ1v) is 12.5. The lowest BCUT2D eigenvalue weighted by Crippen LogP contribution is -2.05. The first-order chi connectivity index (χ1) is 17.7. The zero-order valence-electron chi connectivity index (χ0n) is 20.6. The number of hydrogen-bond donors (Lipinski definition) is 0. The molecule has 0 unspecified atom stereocenters. The largest absolute Gasteiger partial charge is 0.208 e. The molecule has 0 saturated heterocycles. The maximum Gasteiger partial charge on any atom is 0.164 e. The quantitative estimate of drug-likeness (QED) is 0.256. The lowest BCUT2D eigenvalue weighted by atomic mass is 9.93. The van der Waals surface area contributed by atoms with E-state index in [0.29, 0.717) is 17.5 Å². The molecule has 0 fully saturated rings. The molecule has 0 saturated carbocycles. The van der Waals surface area contributed by atoms with Gasteiger partial charge in [0.15, 0.2) is 17.5 Å². The van der Waals surface area contributed by atoms with Gasteiger partial charge in [-0.25, -0.2) is 15.0 Å². The van der Waals surface area contributed by atoms with Gasteiger partial charge in [0.2, 0.25) is 0 Å². The van der Waals surface area contributed by atoms with Gasteiger partial charge >= 0.3 is 0 Å². The molecule has 3 aromatic carbocycles. The van der Waals surface area contributed by atoms with E-state index in [1.807, 2.05) is 12.1 Å². The Labute approximate surface area is 213 Å². The van der Waals surface area contributed by atoms with Crippen molar-refractivity contribution >= 4 is 16.7 Å². The highest BCUT2D eigenvalue weighted by molar-refractivity contribution is 5.84. The van der Waals surface area contributed by atoms with E-state index in [1.165, 1.54) is 11.1 Å². The maximum atomic E-state index is 4.97. The van der Waals surface area contributed by atoms with Crippen molar-refractivity contribution in [3.05, 3.63) is 133 Å². The predicted molar refractivity (Wildman–Crippen MR) is 151 cm³/mol. The third-order valence-electron chi connectivity index (χ3n) is 6.28. The summed E-state index contributed by atoms with van der Waals surface area (Å²) in [5, 5.41) is 0. The van der Waals surface area contributed by atoms with Crippen LogP contribution in [0.1, 0.15) is 43.4 Å². The molecule has 0 N–H and O–H groups in total. The standard InChI is InChI=1S/C33H29N3/c1-3-13-24(4-2)31-34-32(29-20-11-18-27(22-29)25-14-7-5-8-15-25)36-33(35-31)30-21-12-19-28(23-30)26-16-9-6-10-17-26/h4-11,13-18,20-23H,2-3,12,19H2,1H3/b24-13+. The molecule has 0 spiro atoms. The molecule has 0 atom stereocenters. The average Bonchev–Trinajstić information content (AvgIpc) is 2.97. The summed E-state index contributed by atoms with van der Waals surface area (Å²) in [6.07, 6.45) is 11.2. The summed E-state index contributed by atoms with van der Waals surface area (Å²) in [6.45, 7) is 6.12. The normalized spacial score (nSPS) is 13.6. The zero-order valence-corrected chi connectivity index (χ0v) is 20.6. The summed E-state index contributed by atoms with van der Waals surface area (Å²) >= 11 is 0. The number of rotatable bonds is 7. The van der Waals surface area contributed by atoms with E-state index < -0.39 is 0 Å². The molecular weight excluding hydrogens is 438 g/mol. The fourth-order valence-electron chi connectivity index (χ4n) is 4.46. The van der Waals surface area contributed by atoms with Crippen LogP contribution in [0.4, 0.5) is 0 Å². The Kier molecular flexibility index (Phi) is 7.09. The molecule has 1 aliphatic rings. The van der Waals surface area contributed by atoms with Crippen molar-refractivity contribution < 1.29 is 0 Å². The Bertz CT molecular complexity index is 1460. The molecule has 3 heteroatoms. The van der Waals surface area contributed by atoms with Gasteiger partial charge < -0.3 is 0 Å². The van der Waals surface area contributed by atoms with Crippen LogP contribution in [0.5, 0.6) is 0 Å². The summed E-state index contributed by atoms with van der Waals surface area (Å²) in [6, 6.07) is 29.3. The topological polar surface area (TPSA) is 38.7 Å². The van der Waals surface area contributed by atoms with Crippen LogP contribution in [0.15, 0.2) is 116 Å². The SMILES string of the molecule is C=C/C(=C\CC)c1nc(C2=CCCC(c3ccccc3)=C2)nc(-c2cccc(-c3ccccc3)c2)n1. The van der Waals surface area contributed by atoms with Gasteiger partial charge in [0.1, 0.15) is 0 Å². The van der Waals surface area contributed by atoms with Crippen LogP contribution in [0, 0.1) is 0 Å². The highest BCUT2D eigenvalue weighted by atomic mass is 15.0. The van der Waals surface area contributed by atoms with Crippen LogP contribution in [0.2, 0.25) is 0 Å². The number of allylic oxidation sites excluding steroid dienone is 7. The number of aromatic nitrogens is 3. The van der Waals surface area contributed by atoms with Gasteiger partial charge in [0.05, 0.1) is 0 Å². The first kappa shape index (κ1) is 23.4. The monoisotopic (exact) mass is 467 g/mol. The summed E-state index contributed by atoms with van der Waals surface area (Å²) < 4.78 is 0. The van der Waals surface area contributed by atoms with Gasteiger partial charge in [0.25, 0.3) is 0 Å². The molecule has 3 nitrogen and oxygen atoms in total. The van der Waals surface area contributed by atoms with Crippen LogP contribution in [-0.4, -0.2) is 15.0 Å². The minimum absolute atomic E-state index is 0.651. The molecule has 0 bridgehead atoms. The highest BCUT2D eigenvalue weighted by Crippen LogP contribution is 2.31. The number of hydrogen-bond acceptors (Lipinski definition) is 3. The van der Waals surface area contributed by atoms with Gasteiger partial charge in [-0.1, -0.05) is 111 Å². The molecule has 0 radical (unpaired) electrons. The molecule has 4 aromatic rings. The molecule has 36 heavy (non-hydrogen) atoms. The molecule has 176 valence electrons. The van der Waals surface area contributed by atoms with E-state index in [-0.39, 0.29) is 0 Å². The second-order valence-corrected chi connectivity index (χ2v) is 8.76. The Morgan fingerprint density at radius 1 is 0.778 bits per heavy atom. The zero-order chi connectivity index (χ0) is 24.7. The van der Waals surface area contributed by atoms with Gasteiger partial charge in [-0.05, 0) is 53.7 Å². The Hall–Kier alpha value is -4.37. The lowest BCUT2D eigenvalue weighted by Gasteiger charge is -2.15. The lowest BCUT2D eigenvalue weighted by molar-refractivity contribution is 0.988. The second-order valence-electron chi connectivity index (χ2n) is 8.76. The molecule has 0 amide bonds. The highest BCUT2D eigenvalue weighted by Gasteiger charge is 2.16. The van der Waals surface area contributed by atoms with Gasteiger partial charge in [0, 0.05) is 16.7 Å². The smallest absolute Gasteiger partial charge is 0.164 e. The minimum Gasteiger partial charge on any atom is -0.208 e. The van der Waals surface area contributed by atoms with E-state index >= 15 is 0 Å². The summed E-state index contributed by atoms with van der Waals surface area (Å²) in [5.74, 6) is 2.01. The summed E-state index contributed by atoms with van der Waals surface area (Å²) in [4.78, 5) is 14.8. The average molecular weight is 468 g/mol. The van der Waals surface area contributed by atoms with Crippen LogP contribution in [0.25, 0.3) is 39.2 Å². The van der Waals surface area contributed by atoms with E-state index in [1.54, 1.807) is 0 Å². The molecule has 0 aliphatic heterocycles. The van der Waals surface area contributed by atoms with Crippen LogP contribution < -0.4 is 0 Å². The van der Waals surface area contributed by atoms with Crippen molar-refractivity contribution in [2.24, 2.45) is 0 Å². The molecule has 1 aromatic heterocycles. The minimum atomic E-state index is 0.651. The van der Waals surface area contributed by atoms with Crippen molar-refractivity contribution in [2.45, 2.75) is 26.2 Å². The molecule has 1 aliphatic carbocycles. The van der Waals surface area contributed by atoms with Crippen molar-refractivity contribution in [3.63, 3.8) is 0 Å². The maximum absolute atomic E-state index is 4.97. The van der Waals surface area contributed by atoms with Gasteiger partial charge in [-0.2, -0.15) is 0 Å². The van der Waals surface area contributed by atoms with Crippen molar-refractivity contribution in [3.8, 4) is 22.5 Å². The number of nitrogens with zero attached hydrogens (tertiary/aromatic N) is 3. The third-order valence-corrected chi connectivity index (χ3v) is 6.28. The van der Waals surface area contributed by atoms with E-state index in [9.17, 15) is 0 Å². The second kappa shape index (κ2) is 10.9. The van der Waals surface area contributed by atoms with Gasteiger partial charge in [-0.3, -0.25) is 0 Å². The molecule has 5 rings (SSSR count). The fraction of sp³-hybridized carbons (Fsp3) is 0.121. The van der Waals surface area contributed by atoms with Crippen molar-refractivity contribution in [1.29, 1.82) is 0 Å². The van der Waals surface area contributed by atoms with E-state index in [4.69, 9.17) is 15.0 Å².